The molecule has 3 heteroatoms. The van der Waals surface area contributed by atoms with Crippen LogP contribution in [0.1, 0.15) is 41.6 Å². The normalized spacial score (nSPS) is 15.7. The Kier molecular flexibility index (Phi) is 3.21. The van der Waals surface area contributed by atoms with Gasteiger partial charge in [0.1, 0.15) is 0 Å². The van der Waals surface area contributed by atoms with Crippen molar-refractivity contribution in [2.45, 2.75) is 31.7 Å². The number of carbonyl (C=O) groups is 1. The Morgan fingerprint density at radius 3 is 2.81 bits per heavy atom. The van der Waals surface area contributed by atoms with E-state index in [1.165, 1.54) is 12.8 Å². The Hall–Kier alpha value is -1.82. The van der Waals surface area contributed by atoms with Crippen LogP contribution in [-0.2, 0) is 0 Å². The smallest absolute Gasteiger partial charge is 0.251 e. The predicted molar refractivity (Wildman–Crippen MR) is 60.9 cm³/mol. The fourth-order valence-corrected chi connectivity index (χ4v) is 2.07. The number of hydrogen-bond donors (Lipinski definition) is 1. The highest BCUT2D eigenvalue weighted by Crippen LogP contribution is 2.18. The van der Waals surface area contributed by atoms with Gasteiger partial charge in [-0.05, 0) is 31.0 Å². The molecule has 1 aromatic rings. The predicted octanol–water partition coefficient (Wildman–Crippen LogP) is 2.23. The van der Waals surface area contributed by atoms with Crippen molar-refractivity contribution in [3.63, 3.8) is 0 Å². The summed E-state index contributed by atoms with van der Waals surface area (Å²) in [5.41, 5.74) is 1.10. The molecule has 1 amide bonds. The van der Waals surface area contributed by atoms with Gasteiger partial charge in [-0.15, -0.1) is 0 Å². The van der Waals surface area contributed by atoms with Gasteiger partial charge >= 0.3 is 0 Å². The van der Waals surface area contributed by atoms with Gasteiger partial charge in [-0.3, -0.25) is 4.79 Å². The van der Waals surface area contributed by atoms with E-state index in [1.54, 1.807) is 24.3 Å². The zero-order chi connectivity index (χ0) is 11.4. The minimum Gasteiger partial charge on any atom is -0.349 e. The molecule has 0 radical (unpaired) electrons. The highest BCUT2D eigenvalue weighted by molar-refractivity contribution is 5.94. The van der Waals surface area contributed by atoms with Gasteiger partial charge in [-0.25, -0.2) is 0 Å². The zero-order valence-corrected chi connectivity index (χ0v) is 9.07. The quantitative estimate of drug-likeness (QED) is 0.820. The van der Waals surface area contributed by atoms with Gasteiger partial charge in [0.25, 0.3) is 5.91 Å². The summed E-state index contributed by atoms with van der Waals surface area (Å²) in [5.74, 6) is -0.0657. The molecule has 0 heterocycles. The molecule has 1 aliphatic rings. The molecule has 2 rings (SSSR count). The van der Waals surface area contributed by atoms with Crippen molar-refractivity contribution < 1.29 is 4.79 Å². The van der Waals surface area contributed by atoms with Crippen molar-refractivity contribution in [1.82, 2.24) is 5.32 Å². The van der Waals surface area contributed by atoms with Crippen LogP contribution in [0.15, 0.2) is 24.3 Å². The number of rotatable bonds is 2. The van der Waals surface area contributed by atoms with Crippen LogP contribution in [0.3, 0.4) is 0 Å². The summed E-state index contributed by atoms with van der Waals surface area (Å²) in [6.45, 7) is 0. The first kappa shape index (κ1) is 10.7. The highest BCUT2D eigenvalue weighted by Gasteiger charge is 2.17. The molecule has 0 spiro atoms. The second-order valence-electron chi connectivity index (χ2n) is 4.15. The van der Waals surface area contributed by atoms with E-state index < -0.39 is 0 Å². The van der Waals surface area contributed by atoms with E-state index in [4.69, 9.17) is 5.26 Å². The van der Waals surface area contributed by atoms with E-state index in [0.29, 0.717) is 17.2 Å². The first-order chi connectivity index (χ1) is 7.79. The van der Waals surface area contributed by atoms with E-state index in [0.717, 1.165) is 12.8 Å². The Labute approximate surface area is 95.1 Å². The van der Waals surface area contributed by atoms with Crippen molar-refractivity contribution in [2.24, 2.45) is 0 Å². The van der Waals surface area contributed by atoms with Crippen LogP contribution in [0.5, 0.6) is 0 Å². The first-order valence-electron chi connectivity index (χ1n) is 5.60. The summed E-state index contributed by atoms with van der Waals surface area (Å²) in [6, 6.07) is 9.16. The van der Waals surface area contributed by atoms with Gasteiger partial charge in [0.15, 0.2) is 0 Å². The number of nitriles is 1. The average Bonchev–Trinajstić information content (AvgIpc) is 2.82. The van der Waals surface area contributed by atoms with Crippen LogP contribution >= 0.6 is 0 Å². The third kappa shape index (κ3) is 2.40. The van der Waals surface area contributed by atoms with Crippen molar-refractivity contribution in [2.75, 3.05) is 0 Å². The number of benzene rings is 1. The van der Waals surface area contributed by atoms with Crippen molar-refractivity contribution >= 4 is 5.91 Å². The van der Waals surface area contributed by atoms with Crippen molar-refractivity contribution in [3.05, 3.63) is 35.4 Å². The minimum atomic E-state index is -0.0657. The van der Waals surface area contributed by atoms with E-state index in [1.807, 2.05) is 6.07 Å². The first-order valence-corrected chi connectivity index (χ1v) is 5.60. The molecule has 0 atom stereocenters. The van der Waals surface area contributed by atoms with E-state index >= 15 is 0 Å². The van der Waals surface area contributed by atoms with Crippen LogP contribution in [0, 0.1) is 11.3 Å². The Morgan fingerprint density at radius 2 is 2.12 bits per heavy atom. The molecule has 0 unspecified atom stereocenters. The van der Waals surface area contributed by atoms with Gasteiger partial charge in [0.05, 0.1) is 11.6 Å². The van der Waals surface area contributed by atoms with Gasteiger partial charge in [-0.1, -0.05) is 18.9 Å². The third-order valence-electron chi connectivity index (χ3n) is 2.94. The summed E-state index contributed by atoms with van der Waals surface area (Å²) < 4.78 is 0. The lowest BCUT2D eigenvalue weighted by Crippen LogP contribution is -2.32. The second-order valence-corrected chi connectivity index (χ2v) is 4.15. The van der Waals surface area contributed by atoms with Gasteiger partial charge in [-0.2, -0.15) is 5.26 Å². The average molecular weight is 214 g/mol. The lowest BCUT2D eigenvalue weighted by atomic mass is 10.1. The van der Waals surface area contributed by atoms with Crippen LogP contribution in [0.25, 0.3) is 0 Å². The maximum atomic E-state index is 11.8. The minimum absolute atomic E-state index is 0.0657. The number of nitrogens with zero attached hydrogens (tertiary/aromatic N) is 1. The molecule has 1 aliphatic carbocycles. The van der Waals surface area contributed by atoms with Crippen LogP contribution < -0.4 is 5.32 Å². The maximum absolute atomic E-state index is 11.8. The van der Waals surface area contributed by atoms with E-state index in [2.05, 4.69) is 5.32 Å². The van der Waals surface area contributed by atoms with Gasteiger partial charge in [0, 0.05) is 11.6 Å². The molecule has 1 N–H and O–H groups in total. The molecular formula is C13H14N2O. The molecule has 82 valence electrons. The Bertz CT molecular complexity index is 428. The molecule has 0 bridgehead atoms. The fraction of sp³-hybridized carbons (Fsp3) is 0.385. The van der Waals surface area contributed by atoms with Crippen molar-refractivity contribution in [1.29, 1.82) is 5.26 Å². The Morgan fingerprint density at radius 1 is 1.38 bits per heavy atom. The monoisotopic (exact) mass is 214 g/mol. The van der Waals surface area contributed by atoms with E-state index in [-0.39, 0.29) is 5.91 Å². The Balaban J connectivity index is 2.05. The SMILES string of the molecule is N#Cc1cccc(C(=O)NC2CCCC2)c1. The summed E-state index contributed by atoms with van der Waals surface area (Å²) in [5, 5.41) is 11.7. The number of carbonyl (C=O) groups excluding carboxylic acids is 1. The molecule has 1 aromatic carbocycles. The van der Waals surface area contributed by atoms with E-state index in [9.17, 15) is 4.79 Å². The summed E-state index contributed by atoms with van der Waals surface area (Å²) in [7, 11) is 0. The molecule has 3 nitrogen and oxygen atoms in total. The topological polar surface area (TPSA) is 52.9 Å². The fourth-order valence-electron chi connectivity index (χ4n) is 2.07. The van der Waals surface area contributed by atoms with Gasteiger partial charge in [0.2, 0.25) is 0 Å². The number of hydrogen-bond acceptors (Lipinski definition) is 2. The maximum Gasteiger partial charge on any atom is 0.251 e. The molecular weight excluding hydrogens is 200 g/mol. The third-order valence-corrected chi connectivity index (χ3v) is 2.94. The summed E-state index contributed by atoms with van der Waals surface area (Å²) in [6.07, 6.45) is 4.54. The highest BCUT2D eigenvalue weighted by atomic mass is 16.1. The molecule has 1 saturated carbocycles. The molecule has 0 aromatic heterocycles. The second kappa shape index (κ2) is 4.80. The molecule has 0 saturated heterocycles. The molecule has 1 fully saturated rings. The van der Waals surface area contributed by atoms with Crippen LogP contribution in [0.4, 0.5) is 0 Å². The number of amides is 1. The summed E-state index contributed by atoms with van der Waals surface area (Å²) in [4.78, 5) is 11.8. The molecule has 0 aliphatic heterocycles. The molecule has 16 heavy (non-hydrogen) atoms. The summed E-state index contributed by atoms with van der Waals surface area (Å²) >= 11 is 0. The van der Waals surface area contributed by atoms with Crippen LogP contribution in [-0.4, -0.2) is 11.9 Å². The zero-order valence-electron chi connectivity index (χ0n) is 9.07. The number of nitrogens with one attached hydrogen (secondary N) is 1. The standard InChI is InChI=1S/C13H14N2O/c14-9-10-4-3-5-11(8-10)13(16)15-12-6-1-2-7-12/h3-5,8,12H,1-2,6-7H2,(H,15,16). The lowest BCUT2D eigenvalue weighted by Gasteiger charge is -2.11. The van der Waals surface area contributed by atoms with Gasteiger partial charge < -0.3 is 5.32 Å². The largest absolute Gasteiger partial charge is 0.349 e. The van der Waals surface area contributed by atoms with Crippen LogP contribution in [0.2, 0.25) is 0 Å². The van der Waals surface area contributed by atoms with Crippen molar-refractivity contribution in [3.8, 4) is 6.07 Å². The lowest BCUT2D eigenvalue weighted by molar-refractivity contribution is 0.0938.